The van der Waals surface area contributed by atoms with Gasteiger partial charge in [-0.3, -0.25) is 9.59 Å². The third kappa shape index (κ3) is 5.05. The van der Waals surface area contributed by atoms with Gasteiger partial charge in [-0.15, -0.1) is 0 Å². The molecule has 0 saturated heterocycles. The van der Waals surface area contributed by atoms with Crippen LogP contribution in [0.25, 0.3) is 0 Å². The first-order chi connectivity index (χ1) is 13.0. The van der Waals surface area contributed by atoms with Crippen LogP contribution in [0.5, 0.6) is 0 Å². The van der Waals surface area contributed by atoms with Crippen LogP contribution in [0.1, 0.15) is 46.9 Å². The number of hydrogen-bond acceptors (Lipinski definition) is 4. The minimum absolute atomic E-state index is 0.0374. The average molecular weight is 403 g/mol. The van der Waals surface area contributed by atoms with Crippen molar-refractivity contribution in [2.75, 3.05) is 13.6 Å². The number of Topliss-reactive ketones (excluding diaryl/α,β-unsaturated/α-hetero) is 1. The van der Waals surface area contributed by atoms with Crippen molar-refractivity contribution >= 4 is 21.7 Å². The van der Waals surface area contributed by atoms with Crippen molar-refractivity contribution in [3.05, 3.63) is 64.7 Å². The standard InChI is InChI=1S/C21H26N2O4S/c1-14-6-7-15(2)20(12-14)16(3)22-21(25)13-23(5)28(26,27)19-10-8-18(9-11-19)17(4)24/h6-12,16H,13H2,1-5H3,(H,22,25). The quantitative estimate of drug-likeness (QED) is 0.722. The number of amides is 1. The summed E-state index contributed by atoms with van der Waals surface area (Å²) in [6.07, 6.45) is 0. The van der Waals surface area contributed by atoms with Crippen LogP contribution in [0, 0.1) is 13.8 Å². The smallest absolute Gasteiger partial charge is 0.243 e. The molecular weight excluding hydrogens is 376 g/mol. The zero-order valence-electron chi connectivity index (χ0n) is 16.8. The van der Waals surface area contributed by atoms with Gasteiger partial charge in [0.1, 0.15) is 0 Å². The number of carbonyl (C=O) groups excluding carboxylic acids is 2. The van der Waals surface area contributed by atoms with Gasteiger partial charge < -0.3 is 5.32 Å². The molecular formula is C21H26N2O4S. The van der Waals surface area contributed by atoms with E-state index in [1.165, 1.54) is 38.2 Å². The Kier molecular flexibility index (Phi) is 6.74. The van der Waals surface area contributed by atoms with E-state index in [0.29, 0.717) is 5.56 Å². The van der Waals surface area contributed by atoms with Gasteiger partial charge in [0.25, 0.3) is 0 Å². The third-order valence-electron chi connectivity index (χ3n) is 4.61. The van der Waals surface area contributed by atoms with E-state index in [1.807, 2.05) is 39.0 Å². The van der Waals surface area contributed by atoms with Gasteiger partial charge in [-0.05, 0) is 51.0 Å². The highest BCUT2D eigenvalue weighted by Crippen LogP contribution is 2.19. The Morgan fingerprint density at radius 2 is 1.68 bits per heavy atom. The Bertz CT molecular complexity index is 982. The van der Waals surface area contributed by atoms with Gasteiger partial charge in [0.15, 0.2) is 5.78 Å². The van der Waals surface area contributed by atoms with E-state index in [-0.39, 0.29) is 29.2 Å². The lowest BCUT2D eigenvalue weighted by Gasteiger charge is -2.21. The molecule has 1 unspecified atom stereocenters. The second-order valence-corrected chi connectivity index (χ2v) is 9.04. The molecule has 0 heterocycles. The first-order valence-corrected chi connectivity index (χ1v) is 10.4. The Labute approximate surface area is 166 Å². The van der Waals surface area contributed by atoms with Crippen LogP contribution in [-0.2, 0) is 14.8 Å². The molecule has 150 valence electrons. The molecule has 2 aromatic rings. The van der Waals surface area contributed by atoms with Crippen molar-refractivity contribution in [2.45, 2.75) is 38.6 Å². The van der Waals surface area contributed by atoms with Crippen LogP contribution in [0.15, 0.2) is 47.4 Å². The van der Waals surface area contributed by atoms with Gasteiger partial charge in [0.2, 0.25) is 15.9 Å². The van der Waals surface area contributed by atoms with E-state index in [0.717, 1.165) is 21.0 Å². The number of benzene rings is 2. The van der Waals surface area contributed by atoms with Gasteiger partial charge in [0, 0.05) is 12.6 Å². The lowest BCUT2D eigenvalue weighted by molar-refractivity contribution is -0.121. The van der Waals surface area contributed by atoms with E-state index >= 15 is 0 Å². The second kappa shape index (κ2) is 8.67. The van der Waals surface area contributed by atoms with Gasteiger partial charge in [0.05, 0.1) is 17.5 Å². The summed E-state index contributed by atoms with van der Waals surface area (Å²) in [6.45, 7) is 6.94. The summed E-state index contributed by atoms with van der Waals surface area (Å²) < 4.78 is 26.3. The summed E-state index contributed by atoms with van der Waals surface area (Å²) in [5, 5.41) is 2.85. The first kappa shape index (κ1) is 21.8. The number of ketones is 1. The van der Waals surface area contributed by atoms with Gasteiger partial charge >= 0.3 is 0 Å². The van der Waals surface area contributed by atoms with Crippen LogP contribution in [0.2, 0.25) is 0 Å². The summed E-state index contributed by atoms with van der Waals surface area (Å²) in [5.41, 5.74) is 3.58. The molecule has 28 heavy (non-hydrogen) atoms. The number of nitrogens with zero attached hydrogens (tertiary/aromatic N) is 1. The maximum Gasteiger partial charge on any atom is 0.243 e. The molecule has 7 heteroatoms. The fourth-order valence-corrected chi connectivity index (χ4v) is 4.05. The van der Waals surface area contributed by atoms with E-state index < -0.39 is 10.0 Å². The third-order valence-corrected chi connectivity index (χ3v) is 6.43. The molecule has 0 aromatic heterocycles. The number of sulfonamides is 1. The molecule has 1 N–H and O–H groups in total. The number of likely N-dealkylation sites (N-methyl/N-ethyl adjacent to an activating group) is 1. The largest absolute Gasteiger partial charge is 0.348 e. The predicted molar refractivity (Wildman–Crippen MR) is 109 cm³/mol. The maximum atomic E-state index is 12.7. The number of carbonyl (C=O) groups is 2. The van der Waals surface area contributed by atoms with Crippen LogP contribution in [0.4, 0.5) is 0 Å². The van der Waals surface area contributed by atoms with Crippen molar-refractivity contribution in [1.82, 2.24) is 9.62 Å². The van der Waals surface area contributed by atoms with E-state index in [4.69, 9.17) is 0 Å². The minimum Gasteiger partial charge on any atom is -0.348 e. The number of rotatable bonds is 7. The Balaban J connectivity index is 2.08. The van der Waals surface area contributed by atoms with E-state index in [2.05, 4.69) is 5.32 Å². The zero-order chi connectivity index (χ0) is 21.1. The number of hydrogen-bond donors (Lipinski definition) is 1. The van der Waals surface area contributed by atoms with Crippen molar-refractivity contribution in [1.29, 1.82) is 0 Å². The molecule has 0 spiro atoms. The van der Waals surface area contributed by atoms with E-state index in [1.54, 1.807) is 0 Å². The molecule has 0 aliphatic rings. The van der Waals surface area contributed by atoms with Crippen LogP contribution >= 0.6 is 0 Å². The van der Waals surface area contributed by atoms with Gasteiger partial charge in [-0.25, -0.2) is 8.42 Å². The molecule has 0 bridgehead atoms. The highest BCUT2D eigenvalue weighted by atomic mass is 32.2. The zero-order valence-corrected chi connectivity index (χ0v) is 17.6. The average Bonchev–Trinajstić information content (AvgIpc) is 2.63. The fourth-order valence-electron chi connectivity index (χ4n) is 2.92. The molecule has 0 saturated carbocycles. The molecule has 2 rings (SSSR count). The second-order valence-electron chi connectivity index (χ2n) is 6.99. The van der Waals surface area contributed by atoms with Crippen LogP contribution in [-0.4, -0.2) is 38.0 Å². The van der Waals surface area contributed by atoms with E-state index in [9.17, 15) is 18.0 Å². The summed E-state index contributed by atoms with van der Waals surface area (Å²) in [4.78, 5) is 23.8. The maximum absolute atomic E-state index is 12.7. The number of aryl methyl sites for hydroxylation is 2. The highest BCUT2D eigenvalue weighted by molar-refractivity contribution is 7.89. The van der Waals surface area contributed by atoms with Gasteiger partial charge in [-0.1, -0.05) is 35.9 Å². The summed E-state index contributed by atoms with van der Waals surface area (Å²) in [6, 6.07) is 11.4. The molecule has 0 aliphatic heterocycles. The molecule has 0 fully saturated rings. The Hall–Kier alpha value is -2.51. The van der Waals surface area contributed by atoms with Crippen LogP contribution < -0.4 is 5.32 Å². The molecule has 1 atom stereocenters. The van der Waals surface area contributed by atoms with Crippen molar-refractivity contribution in [3.8, 4) is 0 Å². The lowest BCUT2D eigenvalue weighted by atomic mass is 10.00. The van der Waals surface area contributed by atoms with Crippen molar-refractivity contribution in [2.24, 2.45) is 0 Å². The topological polar surface area (TPSA) is 83.6 Å². The summed E-state index contributed by atoms with van der Waals surface area (Å²) in [7, 11) is -2.47. The highest BCUT2D eigenvalue weighted by Gasteiger charge is 2.24. The summed E-state index contributed by atoms with van der Waals surface area (Å²) >= 11 is 0. The molecule has 6 nitrogen and oxygen atoms in total. The van der Waals surface area contributed by atoms with Gasteiger partial charge in [-0.2, -0.15) is 4.31 Å². The summed E-state index contributed by atoms with van der Waals surface area (Å²) in [5.74, 6) is -0.531. The molecule has 0 radical (unpaired) electrons. The Morgan fingerprint density at radius 1 is 1.07 bits per heavy atom. The predicted octanol–water partition coefficient (Wildman–Crippen LogP) is 3.00. The van der Waals surface area contributed by atoms with Crippen molar-refractivity contribution < 1.29 is 18.0 Å². The first-order valence-electron chi connectivity index (χ1n) is 8.96. The Morgan fingerprint density at radius 3 is 2.25 bits per heavy atom. The fraction of sp³-hybridized carbons (Fsp3) is 0.333. The number of nitrogens with one attached hydrogen (secondary N) is 1. The monoisotopic (exact) mass is 402 g/mol. The molecule has 1 amide bonds. The lowest BCUT2D eigenvalue weighted by Crippen LogP contribution is -2.39. The normalized spacial score (nSPS) is 12.6. The molecule has 0 aliphatic carbocycles. The van der Waals surface area contributed by atoms with Crippen molar-refractivity contribution in [3.63, 3.8) is 0 Å². The SMILES string of the molecule is CC(=O)c1ccc(S(=O)(=O)N(C)CC(=O)NC(C)c2cc(C)ccc2C)cc1. The minimum atomic E-state index is -3.83. The van der Waals surface area contributed by atoms with Crippen LogP contribution in [0.3, 0.4) is 0 Å². The molecule has 2 aromatic carbocycles.